The first-order valence-electron chi connectivity index (χ1n) is 5.71. The van der Waals surface area contributed by atoms with Crippen molar-refractivity contribution in [1.29, 1.82) is 0 Å². The van der Waals surface area contributed by atoms with Gasteiger partial charge in [-0.3, -0.25) is 4.68 Å². The molecule has 2 rings (SSSR count). The van der Waals surface area contributed by atoms with E-state index in [1.165, 1.54) is 11.3 Å². The number of benzene rings is 1. The van der Waals surface area contributed by atoms with Crippen molar-refractivity contribution < 1.29 is 0 Å². The van der Waals surface area contributed by atoms with Crippen molar-refractivity contribution in [2.45, 2.75) is 20.0 Å². The van der Waals surface area contributed by atoms with Crippen molar-refractivity contribution in [3.63, 3.8) is 0 Å². The summed E-state index contributed by atoms with van der Waals surface area (Å²) in [6.07, 6.45) is 0. The van der Waals surface area contributed by atoms with E-state index in [0.29, 0.717) is 0 Å². The van der Waals surface area contributed by atoms with E-state index in [1.807, 2.05) is 30.8 Å². The summed E-state index contributed by atoms with van der Waals surface area (Å²) in [5.74, 6) is 0. The molecular weight excluding hydrogens is 358 g/mol. The maximum Gasteiger partial charge on any atom is 0.0739 e. The van der Waals surface area contributed by atoms with Crippen LogP contribution in [0.4, 0.5) is 0 Å². The number of hydrogen-bond acceptors (Lipinski definition) is 2. The quantitative estimate of drug-likeness (QED) is 0.889. The number of aryl methyl sites for hydroxylation is 2. The molecule has 3 nitrogen and oxygen atoms in total. The van der Waals surface area contributed by atoms with E-state index >= 15 is 0 Å². The van der Waals surface area contributed by atoms with Gasteiger partial charge in [-0.1, -0.05) is 28.1 Å². The Kier molecular flexibility index (Phi) is 4.59. The molecule has 1 aromatic carbocycles. The van der Waals surface area contributed by atoms with E-state index in [9.17, 15) is 0 Å². The fourth-order valence-corrected chi connectivity index (χ4v) is 2.77. The summed E-state index contributed by atoms with van der Waals surface area (Å²) in [4.78, 5) is 0. The summed E-state index contributed by atoms with van der Waals surface area (Å²) < 4.78 is 4.11. The molecule has 0 fully saturated rings. The molecule has 0 atom stereocenters. The van der Waals surface area contributed by atoms with Crippen LogP contribution >= 0.6 is 31.9 Å². The third-order valence-corrected chi connectivity index (χ3v) is 4.30. The molecule has 0 bridgehead atoms. The number of nitrogens with zero attached hydrogens (tertiary/aromatic N) is 2. The molecule has 2 aromatic rings. The van der Waals surface area contributed by atoms with Crippen LogP contribution in [0, 0.1) is 6.92 Å². The van der Waals surface area contributed by atoms with Crippen LogP contribution in [0.2, 0.25) is 0 Å². The minimum atomic E-state index is 0.796. The maximum atomic E-state index is 4.37. The summed E-state index contributed by atoms with van der Waals surface area (Å²) in [6.45, 7) is 3.64. The Balaban J connectivity index is 1.96. The van der Waals surface area contributed by atoms with Gasteiger partial charge in [-0.2, -0.15) is 5.10 Å². The Bertz CT molecular complexity index is 549. The van der Waals surface area contributed by atoms with Crippen molar-refractivity contribution in [1.82, 2.24) is 15.1 Å². The zero-order valence-corrected chi connectivity index (χ0v) is 13.5. The van der Waals surface area contributed by atoms with Crippen molar-refractivity contribution in [3.8, 4) is 0 Å². The van der Waals surface area contributed by atoms with Gasteiger partial charge in [-0.25, -0.2) is 0 Å². The third kappa shape index (κ3) is 3.22. The van der Waals surface area contributed by atoms with Gasteiger partial charge in [0.05, 0.1) is 15.9 Å². The Labute approximate surface area is 124 Å². The SMILES string of the molecule is Cc1nn(C)c(CNCc2cccc(Br)c2)c1Br. The van der Waals surface area contributed by atoms with Crippen molar-refractivity contribution >= 4 is 31.9 Å². The van der Waals surface area contributed by atoms with Crippen molar-refractivity contribution in [2.24, 2.45) is 7.05 Å². The molecule has 0 spiro atoms. The summed E-state index contributed by atoms with van der Waals surface area (Å²) in [7, 11) is 1.97. The number of aromatic nitrogens is 2. The lowest BCUT2D eigenvalue weighted by atomic mass is 10.2. The van der Waals surface area contributed by atoms with Gasteiger partial charge in [0, 0.05) is 24.6 Å². The van der Waals surface area contributed by atoms with E-state index in [4.69, 9.17) is 0 Å². The fourth-order valence-electron chi connectivity index (χ4n) is 1.84. The van der Waals surface area contributed by atoms with E-state index in [-0.39, 0.29) is 0 Å². The molecule has 0 radical (unpaired) electrons. The lowest BCUT2D eigenvalue weighted by Crippen LogP contribution is -2.15. The Morgan fingerprint density at radius 3 is 2.67 bits per heavy atom. The zero-order valence-electron chi connectivity index (χ0n) is 10.4. The Hall–Kier alpha value is -0.650. The first-order chi connectivity index (χ1) is 8.58. The van der Waals surface area contributed by atoms with Gasteiger partial charge < -0.3 is 5.32 Å². The number of hydrogen-bond donors (Lipinski definition) is 1. The molecule has 0 aliphatic rings. The first kappa shape index (κ1) is 13.8. The normalized spacial score (nSPS) is 10.9. The highest BCUT2D eigenvalue weighted by Crippen LogP contribution is 2.20. The lowest BCUT2D eigenvalue weighted by Gasteiger charge is -2.06. The highest BCUT2D eigenvalue weighted by atomic mass is 79.9. The molecule has 18 heavy (non-hydrogen) atoms. The van der Waals surface area contributed by atoms with Crippen molar-refractivity contribution in [2.75, 3.05) is 0 Å². The molecule has 96 valence electrons. The molecule has 0 aliphatic heterocycles. The van der Waals surface area contributed by atoms with Crippen LogP contribution in [0.5, 0.6) is 0 Å². The van der Waals surface area contributed by atoms with E-state index < -0.39 is 0 Å². The van der Waals surface area contributed by atoms with Crippen LogP contribution in [0.25, 0.3) is 0 Å². The van der Waals surface area contributed by atoms with Gasteiger partial charge in [-0.05, 0) is 40.5 Å². The van der Waals surface area contributed by atoms with Gasteiger partial charge in [0.2, 0.25) is 0 Å². The summed E-state index contributed by atoms with van der Waals surface area (Å²) in [5, 5.41) is 7.80. The van der Waals surface area contributed by atoms with E-state index in [2.05, 4.69) is 54.4 Å². The average molecular weight is 373 g/mol. The van der Waals surface area contributed by atoms with Crippen LogP contribution in [0.3, 0.4) is 0 Å². The van der Waals surface area contributed by atoms with Gasteiger partial charge >= 0.3 is 0 Å². The van der Waals surface area contributed by atoms with Gasteiger partial charge in [0.1, 0.15) is 0 Å². The molecule has 0 amide bonds. The Morgan fingerprint density at radius 1 is 1.28 bits per heavy atom. The summed E-state index contributed by atoms with van der Waals surface area (Å²) >= 11 is 7.04. The highest BCUT2D eigenvalue weighted by molar-refractivity contribution is 9.10. The smallest absolute Gasteiger partial charge is 0.0739 e. The molecule has 1 aromatic heterocycles. The van der Waals surface area contributed by atoms with Gasteiger partial charge in [-0.15, -0.1) is 0 Å². The van der Waals surface area contributed by atoms with Crippen LogP contribution in [0.1, 0.15) is 17.0 Å². The van der Waals surface area contributed by atoms with Gasteiger partial charge in [0.15, 0.2) is 0 Å². The number of halogens is 2. The second-order valence-electron chi connectivity index (χ2n) is 4.20. The average Bonchev–Trinajstić information content (AvgIpc) is 2.56. The monoisotopic (exact) mass is 371 g/mol. The summed E-state index contributed by atoms with van der Waals surface area (Å²) in [6, 6.07) is 8.31. The maximum absolute atomic E-state index is 4.37. The minimum Gasteiger partial charge on any atom is -0.307 e. The predicted octanol–water partition coefficient (Wildman–Crippen LogP) is 3.54. The largest absolute Gasteiger partial charge is 0.307 e. The zero-order chi connectivity index (χ0) is 13.1. The highest BCUT2D eigenvalue weighted by Gasteiger charge is 2.09. The topological polar surface area (TPSA) is 29.9 Å². The van der Waals surface area contributed by atoms with Crippen LogP contribution in [0.15, 0.2) is 33.2 Å². The Morgan fingerprint density at radius 2 is 2.06 bits per heavy atom. The molecular formula is C13H15Br2N3. The molecule has 0 saturated carbocycles. The number of rotatable bonds is 4. The molecule has 1 N–H and O–H groups in total. The number of nitrogens with one attached hydrogen (secondary N) is 1. The van der Waals surface area contributed by atoms with Crippen LogP contribution < -0.4 is 5.32 Å². The van der Waals surface area contributed by atoms with E-state index in [1.54, 1.807) is 0 Å². The van der Waals surface area contributed by atoms with Crippen LogP contribution in [-0.4, -0.2) is 9.78 Å². The molecule has 0 unspecified atom stereocenters. The first-order valence-corrected chi connectivity index (χ1v) is 7.29. The standard InChI is InChI=1S/C13H15Br2N3/c1-9-13(15)12(18(2)17-9)8-16-7-10-4-3-5-11(14)6-10/h3-6,16H,7-8H2,1-2H3. The lowest BCUT2D eigenvalue weighted by molar-refractivity contribution is 0.623. The minimum absolute atomic E-state index is 0.796. The molecule has 1 heterocycles. The van der Waals surface area contributed by atoms with Gasteiger partial charge in [0.25, 0.3) is 0 Å². The summed E-state index contributed by atoms with van der Waals surface area (Å²) in [5.41, 5.74) is 3.46. The molecule has 0 saturated heterocycles. The second kappa shape index (κ2) is 5.99. The molecule has 5 heteroatoms. The van der Waals surface area contributed by atoms with Crippen molar-refractivity contribution in [3.05, 3.63) is 50.2 Å². The molecule has 0 aliphatic carbocycles. The predicted molar refractivity (Wildman–Crippen MR) is 80.3 cm³/mol. The van der Waals surface area contributed by atoms with E-state index in [0.717, 1.165) is 27.7 Å². The fraction of sp³-hybridized carbons (Fsp3) is 0.308. The third-order valence-electron chi connectivity index (χ3n) is 2.77. The van der Waals surface area contributed by atoms with Crippen LogP contribution in [-0.2, 0) is 20.1 Å². The second-order valence-corrected chi connectivity index (χ2v) is 5.91.